The molecule has 4 atom stereocenters. The summed E-state index contributed by atoms with van der Waals surface area (Å²) in [6.07, 6.45) is 1.65. The number of amides is 2. The van der Waals surface area contributed by atoms with E-state index in [1.807, 2.05) is 44.2 Å². The van der Waals surface area contributed by atoms with Crippen LogP contribution in [-0.4, -0.2) is 53.0 Å². The molecule has 3 aromatic heterocycles. The maximum Gasteiger partial charge on any atom is 0.325 e. The fourth-order valence-corrected chi connectivity index (χ4v) is 6.83. The predicted molar refractivity (Wildman–Crippen MR) is 160 cm³/mol. The second kappa shape index (κ2) is 10.3. The number of carbonyl (C=O) groups excluding carboxylic acids is 2. The summed E-state index contributed by atoms with van der Waals surface area (Å²) in [7, 11) is 0. The van der Waals surface area contributed by atoms with Gasteiger partial charge in [-0.2, -0.15) is 5.10 Å². The Labute approximate surface area is 255 Å². The number of rotatable bonds is 8. The number of aromatic nitrogens is 3. The second-order valence-corrected chi connectivity index (χ2v) is 11.6. The van der Waals surface area contributed by atoms with Gasteiger partial charge in [0.05, 0.1) is 28.5 Å². The largest absolute Gasteiger partial charge is 0.480 e. The van der Waals surface area contributed by atoms with Gasteiger partial charge in [-0.3, -0.25) is 34.7 Å². The third-order valence-electron chi connectivity index (χ3n) is 8.95. The first-order chi connectivity index (χ1) is 21.6. The molecule has 3 N–H and O–H groups in total. The number of fused-ring (bicyclic) bond motifs is 2. The van der Waals surface area contributed by atoms with Crippen LogP contribution in [0, 0.1) is 35.8 Å². The summed E-state index contributed by atoms with van der Waals surface area (Å²) in [5.41, 5.74) is 1.61. The van der Waals surface area contributed by atoms with Crippen LogP contribution < -0.4 is 5.32 Å². The van der Waals surface area contributed by atoms with E-state index in [1.54, 1.807) is 35.1 Å². The molecule has 2 saturated heterocycles. The number of nitrogens with one attached hydrogen (secondary N) is 2. The summed E-state index contributed by atoms with van der Waals surface area (Å²) in [6.45, 7) is 3.48. The lowest BCUT2D eigenvalue weighted by Crippen LogP contribution is -2.57. The van der Waals surface area contributed by atoms with Crippen molar-refractivity contribution in [2.45, 2.75) is 38.5 Å². The van der Waals surface area contributed by atoms with E-state index in [0.717, 1.165) is 27.2 Å². The molecule has 0 saturated carbocycles. The van der Waals surface area contributed by atoms with Crippen LogP contribution in [0.5, 0.6) is 0 Å². The first-order valence-electron chi connectivity index (χ1n) is 14.3. The molecular weight excluding hydrogens is 580 g/mol. The number of carboxylic acid groups (broad SMARTS) is 1. The predicted octanol–water partition coefficient (Wildman–Crippen LogP) is 4.12. The van der Waals surface area contributed by atoms with Crippen LogP contribution in [0.4, 0.5) is 5.69 Å². The number of aliphatic carboxylic acids is 1. The number of imide groups is 1. The molecule has 13 heteroatoms. The molecule has 5 heterocycles. The fourth-order valence-electron chi connectivity index (χ4n) is 6.83. The summed E-state index contributed by atoms with van der Waals surface area (Å²) in [5, 5.41) is 30.4. The number of nitro groups is 1. The van der Waals surface area contributed by atoms with E-state index in [0.29, 0.717) is 16.9 Å². The topological polar surface area (TPSA) is 177 Å². The SMILES string of the molecule is Cc1cc(C)n(CN2C(=O)C3C(c4ccc(-c5ccc([N+](=O)[O-])cc5)o4)NC(Cc4c[nH]c5ccccc45)(C(=O)O)C3C2=O)n1. The molecule has 5 aromatic rings. The Bertz CT molecular complexity index is 2010. The molecule has 0 radical (unpaired) electrons. The van der Waals surface area contributed by atoms with E-state index in [9.17, 15) is 29.6 Å². The van der Waals surface area contributed by atoms with Crippen molar-refractivity contribution in [2.75, 3.05) is 0 Å². The molecule has 13 nitrogen and oxygen atoms in total. The van der Waals surface area contributed by atoms with Crippen molar-refractivity contribution < 1.29 is 28.8 Å². The zero-order chi connectivity index (χ0) is 31.6. The normalized spacial score (nSPS) is 22.8. The van der Waals surface area contributed by atoms with E-state index in [4.69, 9.17) is 4.42 Å². The number of aryl methyl sites for hydroxylation is 2. The first kappa shape index (κ1) is 28.2. The average molecular weight is 609 g/mol. The Hall–Kier alpha value is -5.56. The fraction of sp³-hybridized carbons (Fsp3) is 0.250. The number of nitro benzene ring substituents is 1. The molecule has 2 aromatic carbocycles. The molecule has 228 valence electrons. The highest BCUT2D eigenvalue weighted by atomic mass is 16.6. The van der Waals surface area contributed by atoms with E-state index in [-0.39, 0.29) is 24.5 Å². The third kappa shape index (κ3) is 4.42. The summed E-state index contributed by atoms with van der Waals surface area (Å²) in [4.78, 5) is 56.5. The van der Waals surface area contributed by atoms with Gasteiger partial charge in [-0.25, -0.2) is 4.68 Å². The van der Waals surface area contributed by atoms with Crippen LogP contribution in [0.3, 0.4) is 0 Å². The number of nitrogens with zero attached hydrogens (tertiary/aromatic N) is 4. The maximum absolute atomic E-state index is 14.2. The van der Waals surface area contributed by atoms with Gasteiger partial charge in [0, 0.05) is 46.9 Å². The van der Waals surface area contributed by atoms with Crippen molar-refractivity contribution in [3.05, 3.63) is 106 Å². The van der Waals surface area contributed by atoms with Gasteiger partial charge in [0.25, 0.3) is 5.69 Å². The summed E-state index contributed by atoms with van der Waals surface area (Å²) >= 11 is 0. The van der Waals surface area contributed by atoms with Crippen LogP contribution in [0.1, 0.15) is 28.8 Å². The van der Waals surface area contributed by atoms with Crippen LogP contribution in [-0.2, 0) is 27.5 Å². The summed E-state index contributed by atoms with van der Waals surface area (Å²) in [5.74, 6) is -4.06. The minimum atomic E-state index is -1.85. The molecule has 0 spiro atoms. The highest BCUT2D eigenvalue weighted by molar-refractivity contribution is 6.09. The van der Waals surface area contributed by atoms with Crippen molar-refractivity contribution >= 4 is 34.4 Å². The van der Waals surface area contributed by atoms with Crippen LogP contribution >= 0.6 is 0 Å². The van der Waals surface area contributed by atoms with Crippen molar-refractivity contribution in [3.8, 4) is 11.3 Å². The lowest BCUT2D eigenvalue weighted by molar-refractivity contribution is -0.384. The van der Waals surface area contributed by atoms with Crippen molar-refractivity contribution in [3.63, 3.8) is 0 Å². The van der Waals surface area contributed by atoms with Crippen molar-refractivity contribution in [1.82, 2.24) is 25.0 Å². The van der Waals surface area contributed by atoms with E-state index in [1.165, 1.54) is 12.1 Å². The number of furan rings is 1. The molecule has 2 fully saturated rings. The number of carboxylic acids is 1. The first-order valence-corrected chi connectivity index (χ1v) is 14.3. The molecule has 0 aliphatic carbocycles. The van der Waals surface area contributed by atoms with Gasteiger partial charge < -0.3 is 14.5 Å². The van der Waals surface area contributed by atoms with E-state index >= 15 is 0 Å². The summed E-state index contributed by atoms with van der Waals surface area (Å²) in [6, 6.07) is 17.4. The quantitative estimate of drug-likeness (QED) is 0.133. The molecule has 2 amide bonds. The second-order valence-electron chi connectivity index (χ2n) is 11.6. The minimum absolute atomic E-state index is 0.0767. The molecule has 45 heavy (non-hydrogen) atoms. The van der Waals surface area contributed by atoms with Gasteiger partial charge in [-0.05, 0) is 55.8 Å². The van der Waals surface area contributed by atoms with Gasteiger partial charge >= 0.3 is 5.97 Å². The van der Waals surface area contributed by atoms with Gasteiger partial charge in [0.2, 0.25) is 11.8 Å². The standard InChI is InChI=1S/C32H28N6O7/c1-17-13-18(2)37(35-17)16-36-29(39)26-27(30(36)40)32(31(41)42,14-20-15-33-23-6-4-3-5-22(20)23)34-28(26)25-12-11-24(45-25)19-7-9-21(10-8-19)38(43)44/h3-13,15,26-28,33-34H,14,16H2,1-2H3,(H,41,42). The highest BCUT2D eigenvalue weighted by Crippen LogP contribution is 2.51. The zero-order valence-electron chi connectivity index (χ0n) is 24.3. The molecular formula is C32H28N6O7. The molecule has 7 rings (SSSR count). The molecule has 0 bridgehead atoms. The summed E-state index contributed by atoms with van der Waals surface area (Å²) < 4.78 is 7.72. The smallest absolute Gasteiger partial charge is 0.325 e. The average Bonchev–Trinajstić information content (AvgIpc) is 3.83. The minimum Gasteiger partial charge on any atom is -0.480 e. The Morgan fingerprint density at radius 2 is 1.84 bits per heavy atom. The highest BCUT2D eigenvalue weighted by Gasteiger charge is 2.69. The monoisotopic (exact) mass is 608 g/mol. The Kier molecular flexibility index (Phi) is 6.44. The van der Waals surface area contributed by atoms with Crippen LogP contribution in [0.15, 0.2) is 77.3 Å². The number of benzene rings is 2. The third-order valence-corrected chi connectivity index (χ3v) is 8.95. The number of non-ortho nitro benzene ring substituents is 1. The zero-order valence-corrected chi connectivity index (χ0v) is 24.3. The number of hydrogen-bond donors (Lipinski definition) is 3. The van der Waals surface area contributed by atoms with Gasteiger partial charge in [0.15, 0.2) is 0 Å². The van der Waals surface area contributed by atoms with Crippen LogP contribution in [0.25, 0.3) is 22.2 Å². The number of aromatic amines is 1. The number of H-pyrrole nitrogens is 1. The van der Waals surface area contributed by atoms with Gasteiger partial charge in [-0.15, -0.1) is 0 Å². The molecule has 4 unspecified atom stereocenters. The van der Waals surface area contributed by atoms with Crippen molar-refractivity contribution in [1.29, 1.82) is 0 Å². The van der Waals surface area contributed by atoms with Gasteiger partial charge in [-0.1, -0.05) is 18.2 Å². The maximum atomic E-state index is 14.2. The van der Waals surface area contributed by atoms with Gasteiger partial charge in [0.1, 0.15) is 23.7 Å². The number of likely N-dealkylation sites (tertiary alicyclic amines) is 1. The molecule has 2 aliphatic rings. The Morgan fingerprint density at radius 3 is 2.53 bits per heavy atom. The number of para-hydroxylation sites is 1. The molecule has 2 aliphatic heterocycles. The number of carbonyl (C=O) groups is 3. The van der Waals surface area contributed by atoms with E-state index in [2.05, 4.69) is 15.4 Å². The Balaban J connectivity index is 1.31. The lowest BCUT2D eigenvalue weighted by atomic mass is 9.76. The van der Waals surface area contributed by atoms with E-state index < -0.39 is 46.1 Å². The van der Waals surface area contributed by atoms with Crippen molar-refractivity contribution in [2.24, 2.45) is 11.8 Å². The van der Waals surface area contributed by atoms with Crippen LogP contribution in [0.2, 0.25) is 0 Å². The Morgan fingerprint density at radius 1 is 1.09 bits per heavy atom. The lowest BCUT2D eigenvalue weighted by Gasteiger charge is -2.31. The number of hydrogen-bond acceptors (Lipinski definition) is 8.